The molecule has 0 spiro atoms. The van der Waals surface area contributed by atoms with Crippen LogP contribution in [0.25, 0.3) is 0 Å². The molecule has 20 heavy (non-hydrogen) atoms. The van der Waals surface area contributed by atoms with Gasteiger partial charge in [-0.3, -0.25) is 9.78 Å². The first-order valence-electron chi connectivity index (χ1n) is 6.02. The Labute approximate surface area is 128 Å². The van der Waals surface area contributed by atoms with E-state index in [9.17, 15) is 4.79 Å². The van der Waals surface area contributed by atoms with Gasteiger partial charge in [0.05, 0.1) is 0 Å². The number of rotatable bonds is 5. The highest BCUT2D eigenvalue weighted by atomic mass is 35.5. The van der Waals surface area contributed by atoms with Gasteiger partial charge in [0.25, 0.3) is 0 Å². The van der Waals surface area contributed by atoms with Gasteiger partial charge in [-0.15, -0.1) is 24.2 Å². The van der Waals surface area contributed by atoms with Gasteiger partial charge >= 0.3 is 5.97 Å². The summed E-state index contributed by atoms with van der Waals surface area (Å²) in [4.78, 5) is 15.8. The molecule has 0 saturated carbocycles. The first-order chi connectivity index (χ1) is 9.15. The molecule has 0 bridgehead atoms. The molecule has 0 aliphatic rings. The van der Waals surface area contributed by atoms with Crippen LogP contribution in [0.4, 0.5) is 0 Å². The summed E-state index contributed by atoms with van der Waals surface area (Å²) in [6, 6.07) is 12.0. The fourth-order valence-electron chi connectivity index (χ4n) is 1.68. The predicted octanol–water partition coefficient (Wildman–Crippen LogP) is 3.66. The van der Waals surface area contributed by atoms with Crippen molar-refractivity contribution in [2.45, 2.75) is 23.5 Å². The summed E-state index contributed by atoms with van der Waals surface area (Å²) in [5.41, 5.74) is 2.36. The van der Waals surface area contributed by atoms with Gasteiger partial charge in [-0.25, -0.2) is 0 Å². The molecule has 0 amide bonds. The molecule has 0 saturated heterocycles. The van der Waals surface area contributed by atoms with E-state index in [0.29, 0.717) is 0 Å². The number of thioether (sulfide) groups is 1. The second-order valence-corrected chi connectivity index (χ2v) is 5.69. The lowest BCUT2D eigenvalue weighted by Gasteiger charge is -2.07. The minimum atomic E-state index is -0.788. The molecule has 2 rings (SSSR count). The maximum atomic E-state index is 10.8. The maximum Gasteiger partial charge on any atom is 0.316 e. The number of halogens is 1. The lowest BCUT2D eigenvalue weighted by Crippen LogP contribution is -2.10. The largest absolute Gasteiger partial charge is 0.480 e. The van der Waals surface area contributed by atoms with Crippen molar-refractivity contribution in [2.24, 2.45) is 0 Å². The van der Waals surface area contributed by atoms with E-state index in [4.69, 9.17) is 5.11 Å². The van der Waals surface area contributed by atoms with Crippen molar-refractivity contribution in [2.75, 3.05) is 0 Å². The maximum absolute atomic E-state index is 10.8. The highest BCUT2D eigenvalue weighted by Gasteiger charge is 2.11. The number of carboxylic acids is 1. The summed E-state index contributed by atoms with van der Waals surface area (Å²) < 4.78 is 0. The molecule has 1 heterocycles. The minimum absolute atomic E-state index is 0. The molecule has 0 fully saturated rings. The van der Waals surface area contributed by atoms with Crippen molar-refractivity contribution in [3.8, 4) is 0 Å². The third kappa shape index (κ3) is 4.87. The molecule has 5 heteroatoms. The van der Waals surface area contributed by atoms with Gasteiger partial charge in [0.1, 0.15) is 5.25 Å². The molecule has 1 unspecified atom stereocenters. The van der Waals surface area contributed by atoms with Gasteiger partial charge in [-0.2, -0.15) is 0 Å². The van der Waals surface area contributed by atoms with Crippen molar-refractivity contribution in [3.63, 3.8) is 0 Å². The molecule has 1 aromatic carbocycles. The van der Waals surface area contributed by atoms with Crippen molar-refractivity contribution in [3.05, 3.63) is 59.9 Å². The Morgan fingerprint density at radius 1 is 1.25 bits per heavy atom. The van der Waals surface area contributed by atoms with Crippen molar-refractivity contribution in [1.29, 1.82) is 0 Å². The first kappa shape index (κ1) is 16.5. The highest BCUT2D eigenvalue weighted by molar-refractivity contribution is 8.00. The Balaban J connectivity index is 0.00000200. The van der Waals surface area contributed by atoms with Crippen LogP contribution in [-0.4, -0.2) is 21.3 Å². The summed E-state index contributed by atoms with van der Waals surface area (Å²) in [5.74, 6) is -0.788. The van der Waals surface area contributed by atoms with E-state index in [1.165, 1.54) is 22.9 Å². The second kappa shape index (κ2) is 7.92. The standard InChI is InChI=1S/C15H15NO2S.ClH/c1-11(15(17)18)19-14-6-4-12(5-7-14)9-13-3-2-8-16-10-13;/h2-8,10-11H,9H2,1H3,(H,17,18);1H. The van der Waals surface area contributed by atoms with Gasteiger partial charge in [-0.1, -0.05) is 18.2 Å². The lowest BCUT2D eigenvalue weighted by atomic mass is 10.1. The number of benzene rings is 1. The molecule has 0 radical (unpaired) electrons. The first-order valence-corrected chi connectivity index (χ1v) is 6.90. The van der Waals surface area contributed by atoms with E-state index in [1.807, 2.05) is 42.6 Å². The van der Waals surface area contributed by atoms with Crippen LogP contribution in [0.15, 0.2) is 53.7 Å². The van der Waals surface area contributed by atoms with Crippen molar-refractivity contribution >= 4 is 30.1 Å². The molecule has 1 aromatic heterocycles. The Morgan fingerprint density at radius 3 is 2.50 bits per heavy atom. The van der Waals surface area contributed by atoms with Crippen LogP contribution in [0.5, 0.6) is 0 Å². The van der Waals surface area contributed by atoms with Crippen LogP contribution in [0.1, 0.15) is 18.1 Å². The quantitative estimate of drug-likeness (QED) is 0.856. The molecule has 2 aromatic rings. The van der Waals surface area contributed by atoms with Crippen LogP contribution in [0.3, 0.4) is 0 Å². The molecule has 1 N–H and O–H groups in total. The fraction of sp³-hybridized carbons (Fsp3) is 0.200. The number of hydrogen-bond acceptors (Lipinski definition) is 3. The molecule has 1 atom stereocenters. The fourth-order valence-corrected chi connectivity index (χ4v) is 2.48. The lowest BCUT2D eigenvalue weighted by molar-refractivity contribution is -0.136. The minimum Gasteiger partial charge on any atom is -0.480 e. The number of aliphatic carboxylic acids is 1. The Hall–Kier alpha value is -1.52. The summed E-state index contributed by atoms with van der Waals surface area (Å²) >= 11 is 1.35. The Kier molecular flexibility index (Phi) is 6.55. The molecular weight excluding hydrogens is 294 g/mol. The SMILES string of the molecule is CC(Sc1ccc(Cc2cccnc2)cc1)C(=O)O.Cl. The summed E-state index contributed by atoms with van der Waals surface area (Å²) in [7, 11) is 0. The topological polar surface area (TPSA) is 50.2 Å². The normalized spacial score (nSPS) is 11.4. The van der Waals surface area contributed by atoms with E-state index in [-0.39, 0.29) is 12.4 Å². The number of carbonyl (C=O) groups is 1. The number of aromatic nitrogens is 1. The Morgan fingerprint density at radius 2 is 1.95 bits per heavy atom. The van der Waals surface area contributed by atoms with Crippen LogP contribution in [-0.2, 0) is 11.2 Å². The van der Waals surface area contributed by atoms with Crippen molar-refractivity contribution < 1.29 is 9.90 Å². The molecule has 106 valence electrons. The summed E-state index contributed by atoms with van der Waals surface area (Å²) in [5, 5.41) is 8.44. The van der Waals surface area contributed by atoms with Crippen LogP contribution < -0.4 is 0 Å². The van der Waals surface area contributed by atoms with Crippen LogP contribution >= 0.6 is 24.2 Å². The molecule has 3 nitrogen and oxygen atoms in total. The average molecular weight is 310 g/mol. The third-order valence-corrected chi connectivity index (χ3v) is 3.81. The van der Waals surface area contributed by atoms with E-state index >= 15 is 0 Å². The van der Waals surface area contributed by atoms with Gasteiger partial charge < -0.3 is 5.11 Å². The number of hydrogen-bond donors (Lipinski definition) is 1. The van der Waals surface area contributed by atoms with Crippen molar-refractivity contribution in [1.82, 2.24) is 4.98 Å². The van der Waals surface area contributed by atoms with Gasteiger partial charge in [-0.05, 0) is 42.7 Å². The van der Waals surface area contributed by atoms with E-state index < -0.39 is 11.2 Å². The summed E-state index contributed by atoms with van der Waals surface area (Å²) in [6.45, 7) is 1.69. The second-order valence-electron chi connectivity index (χ2n) is 4.28. The van der Waals surface area contributed by atoms with Gasteiger partial charge in [0.2, 0.25) is 0 Å². The highest BCUT2D eigenvalue weighted by Crippen LogP contribution is 2.24. The number of nitrogens with zero attached hydrogens (tertiary/aromatic N) is 1. The molecule has 0 aliphatic heterocycles. The third-order valence-electron chi connectivity index (χ3n) is 2.72. The van der Waals surface area contributed by atoms with E-state index in [2.05, 4.69) is 4.98 Å². The van der Waals surface area contributed by atoms with Crippen LogP contribution in [0.2, 0.25) is 0 Å². The van der Waals surface area contributed by atoms with Gasteiger partial charge in [0.15, 0.2) is 0 Å². The number of carboxylic acid groups (broad SMARTS) is 1. The monoisotopic (exact) mass is 309 g/mol. The summed E-state index contributed by atoms with van der Waals surface area (Å²) in [6.07, 6.45) is 4.46. The predicted molar refractivity (Wildman–Crippen MR) is 83.7 cm³/mol. The van der Waals surface area contributed by atoms with Crippen LogP contribution in [0, 0.1) is 0 Å². The van der Waals surface area contributed by atoms with E-state index in [0.717, 1.165) is 11.3 Å². The van der Waals surface area contributed by atoms with Gasteiger partial charge in [0, 0.05) is 17.3 Å². The molecular formula is C15H16ClNO2S. The molecule has 0 aliphatic carbocycles. The smallest absolute Gasteiger partial charge is 0.316 e. The van der Waals surface area contributed by atoms with E-state index in [1.54, 1.807) is 13.1 Å². The zero-order valence-electron chi connectivity index (χ0n) is 11.0. The zero-order chi connectivity index (χ0) is 13.7. The zero-order valence-corrected chi connectivity index (χ0v) is 12.7. The Bertz CT molecular complexity index is 546. The number of pyridine rings is 1. The average Bonchev–Trinajstić information content (AvgIpc) is 2.42.